The molecular formula is C17H21N5O4. The number of aromatic nitrogens is 3. The molecule has 2 amide bonds. The van der Waals surface area contributed by atoms with Gasteiger partial charge in [0, 0.05) is 31.5 Å². The summed E-state index contributed by atoms with van der Waals surface area (Å²) in [5.41, 5.74) is 2.26. The summed E-state index contributed by atoms with van der Waals surface area (Å²) in [6.45, 7) is 1.08. The number of aryl methyl sites for hydroxylation is 1. The topological polar surface area (TPSA) is 113 Å². The van der Waals surface area contributed by atoms with Gasteiger partial charge in [0.2, 0.25) is 5.91 Å². The molecule has 0 aromatic carbocycles. The molecule has 26 heavy (non-hydrogen) atoms. The molecule has 1 fully saturated rings. The minimum absolute atomic E-state index is 0.00758. The van der Waals surface area contributed by atoms with Crippen LogP contribution in [0.1, 0.15) is 34.6 Å². The fraction of sp³-hybridized carbons (Fsp3) is 0.529. The number of aliphatic hydroxyl groups is 1. The number of carbonyl (C=O) groups is 2. The number of nitrogens with one attached hydrogen (secondary N) is 1. The minimum Gasteiger partial charge on any atom is -0.391 e. The normalized spacial score (nSPS) is 25.2. The molecule has 138 valence electrons. The van der Waals surface area contributed by atoms with Gasteiger partial charge in [-0.25, -0.2) is 4.98 Å². The van der Waals surface area contributed by atoms with Crippen LogP contribution < -0.4 is 5.32 Å². The van der Waals surface area contributed by atoms with Crippen LogP contribution in [-0.4, -0.2) is 55.2 Å². The van der Waals surface area contributed by atoms with Crippen molar-refractivity contribution in [2.24, 2.45) is 13.0 Å². The van der Waals surface area contributed by atoms with Gasteiger partial charge >= 0.3 is 0 Å². The van der Waals surface area contributed by atoms with E-state index in [1.807, 2.05) is 0 Å². The van der Waals surface area contributed by atoms with Gasteiger partial charge in [0.25, 0.3) is 5.91 Å². The molecule has 1 saturated carbocycles. The van der Waals surface area contributed by atoms with Crippen molar-refractivity contribution in [3.63, 3.8) is 0 Å². The molecule has 4 rings (SSSR count). The largest absolute Gasteiger partial charge is 0.391 e. The zero-order valence-corrected chi connectivity index (χ0v) is 14.5. The summed E-state index contributed by atoms with van der Waals surface area (Å²) in [5, 5.41) is 17.1. The Morgan fingerprint density at radius 2 is 2.23 bits per heavy atom. The average Bonchev–Trinajstić information content (AvgIpc) is 3.34. The number of carbonyl (C=O) groups excluding carboxylic acids is 2. The third-order valence-corrected chi connectivity index (χ3v) is 5.26. The zero-order chi connectivity index (χ0) is 18.3. The van der Waals surface area contributed by atoms with Gasteiger partial charge in [0.1, 0.15) is 12.0 Å². The van der Waals surface area contributed by atoms with Crippen LogP contribution in [-0.2, 0) is 24.8 Å². The van der Waals surface area contributed by atoms with E-state index in [4.69, 9.17) is 4.52 Å². The van der Waals surface area contributed by atoms with Crippen molar-refractivity contribution in [2.75, 3.05) is 6.54 Å². The van der Waals surface area contributed by atoms with Crippen LogP contribution in [0.2, 0.25) is 0 Å². The number of aliphatic hydroxyl groups excluding tert-OH is 1. The number of nitrogens with zero attached hydrogens (tertiary/aromatic N) is 4. The molecule has 2 aromatic rings. The lowest BCUT2D eigenvalue weighted by Crippen LogP contribution is -2.41. The fourth-order valence-corrected chi connectivity index (χ4v) is 3.78. The maximum atomic E-state index is 12.8. The standard InChI is InChI=1S/C17H21N5O4/c1-21-9-18-6-14(21)16(24)19-13-4-10(5-15(13)23)17(25)22-3-2-12-11(7-22)8-26-20-12/h6,8-10,13,15,23H,2-5,7H2,1H3,(H,19,24)/t10-,13+,15+/m0/s1. The van der Waals surface area contributed by atoms with E-state index >= 15 is 0 Å². The van der Waals surface area contributed by atoms with Crippen molar-refractivity contribution in [3.05, 3.63) is 35.7 Å². The Labute approximate surface area is 150 Å². The van der Waals surface area contributed by atoms with Gasteiger partial charge < -0.3 is 24.4 Å². The number of hydrogen-bond donors (Lipinski definition) is 2. The van der Waals surface area contributed by atoms with Gasteiger partial charge in [-0.1, -0.05) is 5.16 Å². The summed E-state index contributed by atoms with van der Waals surface area (Å²) >= 11 is 0. The average molecular weight is 359 g/mol. The molecule has 0 unspecified atom stereocenters. The lowest BCUT2D eigenvalue weighted by Gasteiger charge is -2.28. The van der Waals surface area contributed by atoms with Crippen LogP contribution in [0.3, 0.4) is 0 Å². The smallest absolute Gasteiger partial charge is 0.269 e. The predicted molar refractivity (Wildman–Crippen MR) is 88.8 cm³/mol. The van der Waals surface area contributed by atoms with Crippen molar-refractivity contribution in [3.8, 4) is 0 Å². The van der Waals surface area contributed by atoms with Crippen LogP contribution in [0.15, 0.2) is 23.3 Å². The van der Waals surface area contributed by atoms with E-state index in [1.165, 1.54) is 6.20 Å². The van der Waals surface area contributed by atoms with E-state index in [1.54, 1.807) is 29.1 Å². The monoisotopic (exact) mass is 359 g/mol. The van der Waals surface area contributed by atoms with Crippen molar-refractivity contribution in [1.82, 2.24) is 24.9 Å². The number of amides is 2. The van der Waals surface area contributed by atoms with Crippen molar-refractivity contribution in [1.29, 1.82) is 0 Å². The highest BCUT2D eigenvalue weighted by Gasteiger charge is 2.40. The van der Waals surface area contributed by atoms with E-state index in [0.29, 0.717) is 38.0 Å². The van der Waals surface area contributed by atoms with E-state index in [0.717, 1.165) is 11.3 Å². The van der Waals surface area contributed by atoms with Crippen molar-refractivity contribution in [2.45, 2.75) is 38.0 Å². The Balaban J connectivity index is 1.38. The number of fused-ring (bicyclic) bond motifs is 1. The molecular weight excluding hydrogens is 338 g/mol. The summed E-state index contributed by atoms with van der Waals surface area (Å²) in [4.78, 5) is 30.8. The first-order valence-electron chi connectivity index (χ1n) is 8.69. The molecule has 0 radical (unpaired) electrons. The first kappa shape index (κ1) is 16.8. The Morgan fingerprint density at radius 3 is 3.00 bits per heavy atom. The highest BCUT2D eigenvalue weighted by Crippen LogP contribution is 2.30. The maximum absolute atomic E-state index is 12.8. The molecule has 2 aliphatic rings. The summed E-state index contributed by atoms with van der Waals surface area (Å²) in [6.07, 6.45) is 5.31. The highest BCUT2D eigenvalue weighted by molar-refractivity contribution is 5.92. The lowest BCUT2D eigenvalue weighted by atomic mass is 10.0. The van der Waals surface area contributed by atoms with E-state index in [2.05, 4.69) is 15.5 Å². The predicted octanol–water partition coefficient (Wildman–Crippen LogP) is -0.138. The Morgan fingerprint density at radius 1 is 1.38 bits per heavy atom. The summed E-state index contributed by atoms with van der Waals surface area (Å²) in [7, 11) is 1.73. The van der Waals surface area contributed by atoms with Gasteiger partial charge in [-0.3, -0.25) is 9.59 Å². The van der Waals surface area contributed by atoms with Crippen molar-refractivity contribution < 1.29 is 19.2 Å². The SMILES string of the molecule is Cn1cncc1C(=O)N[C@@H]1C[C@H](C(=O)N2CCc3nocc3C2)C[C@H]1O. The second-order valence-corrected chi connectivity index (χ2v) is 7.00. The van der Waals surface area contributed by atoms with Gasteiger partial charge in [0.15, 0.2) is 0 Å². The maximum Gasteiger partial charge on any atom is 0.269 e. The van der Waals surface area contributed by atoms with Crippen LogP contribution in [0.5, 0.6) is 0 Å². The molecule has 0 bridgehead atoms. The highest BCUT2D eigenvalue weighted by atomic mass is 16.5. The first-order valence-corrected chi connectivity index (χ1v) is 8.69. The summed E-state index contributed by atoms with van der Waals surface area (Å²) in [5.74, 6) is -0.592. The van der Waals surface area contributed by atoms with E-state index < -0.39 is 12.1 Å². The van der Waals surface area contributed by atoms with Crippen LogP contribution >= 0.6 is 0 Å². The Bertz CT molecular complexity index is 829. The van der Waals surface area contributed by atoms with Crippen LogP contribution in [0.4, 0.5) is 0 Å². The van der Waals surface area contributed by atoms with Gasteiger partial charge in [-0.2, -0.15) is 0 Å². The Kier molecular flexibility index (Phi) is 4.23. The zero-order valence-electron chi connectivity index (χ0n) is 14.5. The molecule has 3 atom stereocenters. The fourth-order valence-electron chi connectivity index (χ4n) is 3.78. The van der Waals surface area contributed by atoms with Gasteiger partial charge in [-0.15, -0.1) is 0 Å². The van der Waals surface area contributed by atoms with Crippen LogP contribution in [0, 0.1) is 5.92 Å². The number of imidazole rings is 1. The Hall–Kier alpha value is -2.68. The van der Waals surface area contributed by atoms with E-state index in [9.17, 15) is 14.7 Å². The summed E-state index contributed by atoms with van der Waals surface area (Å²) < 4.78 is 6.58. The first-order chi connectivity index (χ1) is 12.5. The van der Waals surface area contributed by atoms with Gasteiger partial charge in [0.05, 0.1) is 36.9 Å². The lowest BCUT2D eigenvalue weighted by molar-refractivity contribution is -0.136. The second-order valence-electron chi connectivity index (χ2n) is 7.00. The summed E-state index contributed by atoms with van der Waals surface area (Å²) in [6, 6.07) is -0.442. The number of rotatable bonds is 3. The molecule has 2 aromatic heterocycles. The minimum atomic E-state index is -0.739. The molecule has 9 nitrogen and oxygen atoms in total. The second kappa shape index (κ2) is 6.56. The third kappa shape index (κ3) is 2.98. The molecule has 2 N–H and O–H groups in total. The number of hydrogen-bond acceptors (Lipinski definition) is 6. The molecule has 1 aliphatic heterocycles. The van der Waals surface area contributed by atoms with Crippen molar-refractivity contribution >= 4 is 11.8 Å². The molecule has 0 saturated heterocycles. The molecule has 9 heteroatoms. The molecule has 1 aliphatic carbocycles. The third-order valence-electron chi connectivity index (χ3n) is 5.26. The molecule has 0 spiro atoms. The molecule has 3 heterocycles. The van der Waals surface area contributed by atoms with Crippen LogP contribution in [0.25, 0.3) is 0 Å². The van der Waals surface area contributed by atoms with E-state index in [-0.39, 0.29) is 17.7 Å². The van der Waals surface area contributed by atoms with Gasteiger partial charge in [-0.05, 0) is 12.8 Å². The quantitative estimate of drug-likeness (QED) is 0.789.